The number of aryl methyl sites for hydroxylation is 4. The molecule has 0 aromatic carbocycles. The van der Waals surface area contributed by atoms with E-state index in [9.17, 15) is 9.59 Å². The fourth-order valence-electron chi connectivity index (χ4n) is 3.57. The zero-order valence-electron chi connectivity index (χ0n) is 16.5. The Balaban J connectivity index is 1.53. The van der Waals surface area contributed by atoms with Gasteiger partial charge in [0.1, 0.15) is 0 Å². The SMILES string of the molecule is CCn1nc(C)c(NC(=O)C2CCN(C(=O)CCn3ccc(C)n3)C2)c1C. The van der Waals surface area contributed by atoms with Gasteiger partial charge in [-0.25, -0.2) is 0 Å². The minimum atomic E-state index is -0.176. The van der Waals surface area contributed by atoms with E-state index in [2.05, 4.69) is 15.5 Å². The Labute approximate surface area is 159 Å². The standard InChI is InChI=1S/C19H28N6O2/c1-5-25-15(4)18(14(3)22-25)20-19(27)16-7-9-23(12-16)17(26)8-11-24-10-6-13(2)21-24/h6,10,16H,5,7-9,11-12H2,1-4H3,(H,20,27). The first-order valence-electron chi connectivity index (χ1n) is 9.51. The molecule has 1 saturated heterocycles. The van der Waals surface area contributed by atoms with Crippen molar-refractivity contribution in [2.45, 2.75) is 53.6 Å². The van der Waals surface area contributed by atoms with Gasteiger partial charge in [0.15, 0.2) is 0 Å². The van der Waals surface area contributed by atoms with Gasteiger partial charge in [0, 0.05) is 38.8 Å². The largest absolute Gasteiger partial charge is 0.342 e. The molecule has 3 rings (SSSR count). The number of likely N-dealkylation sites (tertiary alicyclic amines) is 1. The highest BCUT2D eigenvalue weighted by Gasteiger charge is 2.31. The molecule has 0 spiro atoms. The van der Waals surface area contributed by atoms with Crippen molar-refractivity contribution < 1.29 is 9.59 Å². The minimum Gasteiger partial charge on any atom is -0.342 e. The van der Waals surface area contributed by atoms with Crippen molar-refractivity contribution in [3.63, 3.8) is 0 Å². The van der Waals surface area contributed by atoms with Crippen molar-refractivity contribution in [3.8, 4) is 0 Å². The lowest BCUT2D eigenvalue weighted by Crippen LogP contribution is -2.32. The Hall–Kier alpha value is -2.64. The molecule has 1 fully saturated rings. The smallest absolute Gasteiger partial charge is 0.229 e. The number of nitrogens with zero attached hydrogens (tertiary/aromatic N) is 5. The van der Waals surface area contributed by atoms with E-state index in [-0.39, 0.29) is 17.7 Å². The van der Waals surface area contributed by atoms with Gasteiger partial charge in [-0.1, -0.05) is 0 Å². The predicted molar refractivity (Wildman–Crippen MR) is 102 cm³/mol. The second-order valence-electron chi connectivity index (χ2n) is 7.15. The summed E-state index contributed by atoms with van der Waals surface area (Å²) in [5, 5.41) is 11.8. The second-order valence-corrected chi connectivity index (χ2v) is 7.15. The molecule has 1 unspecified atom stereocenters. The third kappa shape index (κ3) is 4.20. The number of hydrogen-bond acceptors (Lipinski definition) is 4. The molecule has 0 aliphatic carbocycles. The van der Waals surface area contributed by atoms with E-state index in [1.807, 2.05) is 44.6 Å². The molecule has 27 heavy (non-hydrogen) atoms. The molecule has 1 atom stereocenters. The number of aromatic nitrogens is 4. The second kappa shape index (κ2) is 7.94. The van der Waals surface area contributed by atoms with E-state index in [1.165, 1.54) is 0 Å². The highest BCUT2D eigenvalue weighted by Crippen LogP contribution is 2.23. The Bertz CT molecular complexity index is 837. The molecule has 3 heterocycles. The maximum atomic E-state index is 12.7. The van der Waals surface area contributed by atoms with Crippen LogP contribution in [0.5, 0.6) is 0 Å². The molecule has 2 amide bonds. The van der Waals surface area contributed by atoms with Crippen molar-refractivity contribution in [1.29, 1.82) is 0 Å². The van der Waals surface area contributed by atoms with Crippen LogP contribution >= 0.6 is 0 Å². The molecular weight excluding hydrogens is 344 g/mol. The van der Waals surface area contributed by atoms with Gasteiger partial charge >= 0.3 is 0 Å². The summed E-state index contributed by atoms with van der Waals surface area (Å²) in [5.41, 5.74) is 3.52. The first-order valence-corrected chi connectivity index (χ1v) is 9.51. The molecule has 8 nitrogen and oxygen atoms in total. The molecule has 2 aromatic rings. The van der Waals surface area contributed by atoms with E-state index >= 15 is 0 Å². The van der Waals surface area contributed by atoms with Gasteiger partial charge in [0.2, 0.25) is 11.8 Å². The lowest BCUT2D eigenvalue weighted by molar-refractivity contribution is -0.130. The summed E-state index contributed by atoms with van der Waals surface area (Å²) in [6, 6.07) is 1.92. The summed E-state index contributed by atoms with van der Waals surface area (Å²) in [6.45, 7) is 10.2. The van der Waals surface area contributed by atoms with Crippen LogP contribution in [-0.4, -0.2) is 49.4 Å². The van der Waals surface area contributed by atoms with Crippen LogP contribution in [-0.2, 0) is 22.7 Å². The lowest BCUT2D eigenvalue weighted by atomic mass is 10.1. The van der Waals surface area contributed by atoms with E-state index in [0.717, 1.165) is 29.3 Å². The number of nitrogens with one attached hydrogen (secondary N) is 1. The summed E-state index contributed by atoms with van der Waals surface area (Å²) < 4.78 is 3.66. The molecule has 0 saturated carbocycles. The maximum Gasteiger partial charge on any atom is 0.229 e. The third-order valence-electron chi connectivity index (χ3n) is 5.17. The molecule has 0 radical (unpaired) electrons. The molecule has 1 aliphatic heterocycles. The van der Waals surface area contributed by atoms with E-state index in [0.29, 0.717) is 32.5 Å². The molecule has 2 aromatic heterocycles. The van der Waals surface area contributed by atoms with E-state index in [1.54, 1.807) is 9.58 Å². The highest BCUT2D eigenvalue weighted by molar-refractivity contribution is 5.94. The number of carbonyl (C=O) groups excluding carboxylic acids is 2. The van der Waals surface area contributed by atoms with E-state index in [4.69, 9.17) is 0 Å². The first kappa shape index (κ1) is 19.1. The zero-order chi connectivity index (χ0) is 19.6. The van der Waals surface area contributed by atoms with Gasteiger partial charge < -0.3 is 10.2 Å². The fourth-order valence-corrected chi connectivity index (χ4v) is 3.57. The van der Waals surface area contributed by atoms with Gasteiger partial charge in [-0.05, 0) is 40.2 Å². The summed E-state index contributed by atoms with van der Waals surface area (Å²) in [6.07, 6.45) is 2.97. The Morgan fingerprint density at radius 2 is 2.04 bits per heavy atom. The van der Waals surface area contributed by atoms with Crippen molar-refractivity contribution in [1.82, 2.24) is 24.5 Å². The highest BCUT2D eigenvalue weighted by atomic mass is 16.2. The monoisotopic (exact) mass is 372 g/mol. The minimum absolute atomic E-state index is 0.0325. The number of hydrogen-bond donors (Lipinski definition) is 1. The quantitative estimate of drug-likeness (QED) is 0.839. The third-order valence-corrected chi connectivity index (χ3v) is 5.17. The number of rotatable bonds is 6. The number of amides is 2. The first-order chi connectivity index (χ1) is 12.9. The van der Waals surface area contributed by atoms with Crippen molar-refractivity contribution in [3.05, 3.63) is 29.3 Å². The summed E-state index contributed by atoms with van der Waals surface area (Å²) in [4.78, 5) is 26.9. The van der Waals surface area contributed by atoms with Crippen molar-refractivity contribution >= 4 is 17.5 Å². The van der Waals surface area contributed by atoms with Gasteiger partial charge in [0.25, 0.3) is 0 Å². The Kier molecular flexibility index (Phi) is 5.62. The van der Waals surface area contributed by atoms with Crippen LogP contribution in [0.3, 0.4) is 0 Å². The molecule has 8 heteroatoms. The molecule has 0 bridgehead atoms. The zero-order valence-corrected chi connectivity index (χ0v) is 16.5. The maximum absolute atomic E-state index is 12.7. The topological polar surface area (TPSA) is 85.0 Å². The van der Waals surface area contributed by atoms with Crippen molar-refractivity contribution in [2.24, 2.45) is 5.92 Å². The average Bonchev–Trinajstić information content (AvgIpc) is 3.35. The van der Waals surface area contributed by atoms with Crippen molar-refractivity contribution in [2.75, 3.05) is 18.4 Å². The summed E-state index contributed by atoms with van der Waals surface area (Å²) >= 11 is 0. The van der Waals surface area contributed by atoms with Crippen LogP contribution in [0.15, 0.2) is 12.3 Å². The summed E-state index contributed by atoms with van der Waals surface area (Å²) in [7, 11) is 0. The van der Waals surface area contributed by atoms with Gasteiger partial charge in [-0.3, -0.25) is 19.0 Å². The van der Waals surface area contributed by atoms with Gasteiger partial charge in [-0.2, -0.15) is 10.2 Å². The predicted octanol–water partition coefficient (Wildman–Crippen LogP) is 1.90. The van der Waals surface area contributed by atoms with Crippen LogP contribution in [0.1, 0.15) is 36.8 Å². The molecule has 1 N–H and O–H groups in total. The number of anilines is 1. The van der Waals surface area contributed by atoms with Gasteiger partial charge in [-0.15, -0.1) is 0 Å². The average molecular weight is 372 g/mol. The number of carbonyl (C=O) groups is 2. The van der Waals surface area contributed by atoms with Crippen LogP contribution in [0.2, 0.25) is 0 Å². The van der Waals surface area contributed by atoms with Crippen LogP contribution in [0, 0.1) is 26.7 Å². The van der Waals surface area contributed by atoms with Crippen LogP contribution < -0.4 is 5.32 Å². The van der Waals surface area contributed by atoms with Gasteiger partial charge in [0.05, 0.1) is 28.7 Å². The fraction of sp³-hybridized carbons (Fsp3) is 0.579. The Morgan fingerprint density at radius 1 is 1.26 bits per heavy atom. The molecular formula is C19H28N6O2. The molecule has 146 valence electrons. The van der Waals surface area contributed by atoms with E-state index < -0.39 is 0 Å². The molecule has 1 aliphatic rings. The lowest BCUT2D eigenvalue weighted by Gasteiger charge is -2.16. The Morgan fingerprint density at radius 3 is 2.67 bits per heavy atom. The normalized spacial score (nSPS) is 16.7. The van der Waals surface area contributed by atoms with Crippen LogP contribution in [0.25, 0.3) is 0 Å². The van der Waals surface area contributed by atoms with Crippen LogP contribution in [0.4, 0.5) is 5.69 Å². The summed E-state index contributed by atoms with van der Waals surface area (Å²) in [5.74, 6) is -0.135.